The molecule has 0 saturated carbocycles. The predicted molar refractivity (Wildman–Crippen MR) is 55.9 cm³/mol. The van der Waals surface area contributed by atoms with E-state index in [0.717, 1.165) is 29.8 Å². The first-order valence-corrected chi connectivity index (χ1v) is 4.89. The van der Waals surface area contributed by atoms with E-state index < -0.39 is 0 Å². The Morgan fingerprint density at radius 1 is 1.36 bits per heavy atom. The molecule has 0 aliphatic carbocycles. The highest BCUT2D eigenvalue weighted by Gasteiger charge is 2.10. The molecule has 0 unspecified atom stereocenters. The van der Waals surface area contributed by atoms with Crippen molar-refractivity contribution in [2.24, 2.45) is 7.05 Å². The summed E-state index contributed by atoms with van der Waals surface area (Å²) >= 11 is 0. The van der Waals surface area contributed by atoms with Crippen LogP contribution in [0.15, 0.2) is 0 Å². The number of hydrogen-bond donors (Lipinski definition) is 1. The molecule has 1 heterocycles. The summed E-state index contributed by atoms with van der Waals surface area (Å²) in [5, 5.41) is 13.0. The lowest BCUT2D eigenvalue weighted by molar-refractivity contribution is 0.350. The third-order valence-corrected chi connectivity index (χ3v) is 2.20. The highest BCUT2D eigenvalue weighted by molar-refractivity contribution is 5.42. The van der Waals surface area contributed by atoms with Crippen molar-refractivity contribution in [2.45, 2.75) is 26.7 Å². The van der Waals surface area contributed by atoms with Gasteiger partial charge in [0.15, 0.2) is 0 Å². The summed E-state index contributed by atoms with van der Waals surface area (Å²) in [5.41, 5.74) is 3.15. The summed E-state index contributed by atoms with van der Waals surface area (Å²) in [6.45, 7) is 4.05. The second-order valence-electron chi connectivity index (χ2n) is 3.06. The molecule has 0 bridgehead atoms. The number of aromatic nitrogens is 2. The van der Waals surface area contributed by atoms with Crippen molar-refractivity contribution in [1.29, 1.82) is 0 Å². The molecule has 0 amide bonds. The van der Waals surface area contributed by atoms with Crippen LogP contribution in [0, 0.1) is 11.8 Å². The second-order valence-corrected chi connectivity index (χ2v) is 3.06. The van der Waals surface area contributed by atoms with Crippen LogP contribution in [0.4, 0.5) is 0 Å². The lowest BCUT2D eigenvalue weighted by Crippen LogP contribution is -1.97. The van der Waals surface area contributed by atoms with E-state index in [1.807, 2.05) is 11.7 Å². The van der Waals surface area contributed by atoms with Crippen LogP contribution in [0.1, 0.15) is 30.8 Å². The van der Waals surface area contributed by atoms with E-state index >= 15 is 0 Å². The smallest absolute Gasteiger partial charge is 0.104 e. The zero-order valence-corrected chi connectivity index (χ0v) is 8.96. The normalized spacial score (nSPS) is 9.71. The lowest BCUT2D eigenvalue weighted by Gasteiger charge is -1.96. The Balaban J connectivity index is 3.20. The maximum Gasteiger partial charge on any atom is 0.104 e. The molecular formula is C11H16N2O. The number of nitrogens with zero attached hydrogens (tertiary/aromatic N) is 2. The maximum atomic E-state index is 8.66. The van der Waals surface area contributed by atoms with Gasteiger partial charge in [0.25, 0.3) is 0 Å². The fourth-order valence-electron chi connectivity index (χ4n) is 1.55. The molecule has 0 atom stereocenters. The quantitative estimate of drug-likeness (QED) is 0.707. The van der Waals surface area contributed by atoms with Gasteiger partial charge in [-0.3, -0.25) is 4.68 Å². The van der Waals surface area contributed by atoms with Gasteiger partial charge < -0.3 is 5.11 Å². The SMILES string of the molecule is CCc1nn(C)c(CC)c1C#CCO. The van der Waals surface area contributed by atoms with Crippen molar-refractivity contribution in [1.82, 2.24) is 9.78 Å². The van der Waals surface area contributed by atoms with E-state index in [1.54, 1.807) is 0 Å². The van der Waals surface area contributed by atoms with E-state index in [9.17, 15) is 0 Å². The number of hydrogen-bond acceptors (Lipinski definition) is 2. The van der Waals surface area contributed by atoms with Crippen LogP contribution in [0.25, 0.3) is 0 Å². The zero-order valence-electron chi connectivity index (χ0n) is 8.96. The van der Waals surface area contributed by atoms with Crippen LogP contribution < -0.4 is 0 Å². The minimum absolute atomic E-state index is 0.0960. The highest BCUT2D eigenvalue weighted by atomic mass is 16.2. The van der Waals surface area contributed by atoms with E-state index in [4.69, 9.17) is 5.11 Å². The largest absolute Gasteiger partial charge is 0.384 e. The van der Waals surface area contributed by atoms with Gasteiger partial charge in [0, 0.05) is 7.05 Å². The van der Waals surface area contributed by atoms with Gasteiger partial charge in [-0.2, -0.15) is 5.10 Å². The fraction of sp³-hybridized carbons (Fsp3) is 0.545. The van der Waals surface area contributed by atoms with Crippen molar-refractivity contribution in [3.05, 3.63) is 17.0 Å². The second kappa shape index (κ2) is 4.83. The minimum Gasteiger partial charge on any atom is -0.384 e. The van der Waals surface area contributed by atoms with Crippen molar-refractivity contribution >= 4 is 0 Å². The first kappa shape index (κ1) is 10.8. The molecule has 14 heavy (non-hydrogen) atoms. The first-order chi connectivity index (χ1) is 6.74. The van der Waals surface area contributed by atoms with Crippen LogP contribution >= 0.6 is 0 Å². The Morgan fingerprint density at radius 2 is 2.07 bits per heavy atom. The third-order valence-electron chi connectivity index (χ3n) is 2.20. The lowest BCUT2D eigenvalue weighted by atomic mass is 10.1. The Kier molecular flexibility index (Phi) is 3.73. The Morgan fingerprint density at radius 3 is 2.57 bits per heavy atom. The molecule has 0 aliphatic rings. The van der Waals surface area contributed by atoms with Gasteiger partial charge in [0.1, 0.15) is 6.61 Å². The van der Waals surface area contributed by atoms with Gasteiger partial charge in [-0.05, 0) is 12.8 Å². The van der Waals surface area contributed by atoms with Gasteiger partial charge in [-0.15, -0.1) is 0 Å². The first-order valence-electron chi connectivity index (χ1n) is 4.89. The summed E-state index contributed by atoms with van der Waals surface area (Å²) in [5.74, 6) is 5.65. The number of aliphatic hydroxyl groups excluding tert-OH is 1. The van der Waals surface area contributed by atoms with Gasteiger partial charge in [0.2, 0.25) is 0 Å². The molecule has 0 spiro atoms. The van der Waals surface area contributed by atoms with Crippen molar-refractivity contribution in [3.63, 3.8) is 0 Å². The van der Waals surface area contributed by atoms with Crippen LogP contribution in [0.3, 0.4) is 0 Å². The molecule has 1 aromatic rings. The van der Waals surface area contributed by atoms with Crippen molar-refractivity contribution in [3.8, 4) is 11.8 Å². The monoisotopic (exact) mass is 192 g/mol. The van der Waals surface area contributed by atoms with Crippen molar-refractivity contribution < 1.29 is 5.11 Å². The predicted octanol–water partition coefficient (Wildman–Crippen LogP) is 0.889. The van der Waals surface area contributed by atoms with E-state index in [2.05, 4.69) is 30.8 Å². The molecule has 0 fully saturated rings. The summed E-state index contributed by atoms with van der Waals surface area (Å²) in [7, 11) is 1.93. The molecule has 1 aromatic heterocycles. The maximum absolute atomic E-state index is 8.66. The molecule has 0 aliphatic heterocycles. The topological polar surface area (TPSA) is 38.0 Å². The average Bonchev–Trinajstić information content (AvgIpc) is 2.50. The van der Waals surface area contributed by atoms with Crippen LogP contribution in [-0.2, 0) is 19.9 Å². The molecule has 0 radical (unpaired) electrons. The van der Waals surface area contributed by atoms with Gasteiger partial charge in [-0.25, -0.2) is 0 Å². The van der Waals surface area contributed by atoms with Gasteiger partial charge >= 0.3 is 0 Å². The molecule has 76 valence electrons. The van der Waals surface area contributed by atoms with Crippen LogP contribution in [0.2, 0.25) is 0 Å². The Labute approximate surface area is 84.8 Å². The summed E-state index contributed by atoms with van der Waals surface area (Å²) < 4.78 is 1.88. The Hall–Kier alpha value is -1.27. The molecular weight excluding hydrogens is 176 g/mol. The molecule has 3 nitrogen and oxygen atoms in total. The zero-order chi connectivity index (χ0) is 10.6. The molecule has 1 N–H and O–H groups in total. The molecule has 1 rings (SSSR count). The van der Waals surface area contributed by atoms with Crippen molar-refractivity contribution in [2.75, 3.05) is 6.61 Å². The summed E-state index contributed by atoms with van der Waals surface area (Å²) in [6, 6.07) is 0. The molecule has 3 heteroatoms. The standard InChI is InChI=1S/C11H16N2O/c1-4-10-9(7-6-8-14)11(5-2)13(3)12-10/h14H,4-5,8H2,1-3H3. The summed E-state index contributed by atoms with van der Waals surface area (Å²) in [4.78, 5) is 0. The molecule has 0 saturated heterocycles. The highest BCUT2D eigenvalue weighted by Crippen LogP contribution is 2.13. The average molecular weight is 192 g/mol. The van der Waals surface area contributed by atoms with Crippen LogP contribution in [-0.4, -0.2) is 21.5 Å². The molecule has 0 aromatic carbocycles. The van der Waals surface area contributed by atoms with Gasteiger partial charge in [-0.1, -0.05) is 25.7 Å². The number of aliphatic hydroxyl groups is 1. The number of aryl methyl sites for hydroxylation is 2. The van der Waals surface area contributed by atoms with E-state index in [1.165, 1.54) is 0 Å². The number of rotatable bonds is 2. The third kappa shape index (κ3) is 1.97. The fourth-order valence-corrected chi connectivity index (χ4v) is 1.55. The van der Waals surface area contributed by atoms with Gasteiger partial charge in [0.05, 0.1) is 17.0 Å². The van der Waals surface area contributed by atoms with Crippen LogP contribution in [0.5, 0.6) is 0 Å². The Bertz CT molecular complexity index is 369. The minimum atomic E-state index is -0.0960. The van der Waals surface area contributed by atoms with E-state index in [-0.39, 0.29) is 6.61 Å². The van der Waals surface area contributed by atoms with E-state index in [0.29, 0.717) is 0 Å². The summed E-state index contributed by atoms with van der Waals surface area (Å²) in [6.07, 6.45) is 1.79.